The van der Waals surface area contributed by atoms with Gasteiger partial charge in [0.1, 0.15) is 18.7 Å². The maximum Gasteiger partial charge on any atom is 0.302 e. The number of allylic oxidation sites excluding steroid dienone is 1. The zero-order valence-corrected chi connectivity index (χ0v) is 13.1. The number of carbonyl (C=O) groups is 3. The predicted octanol–water partition coefficient (Wildman–Crippen LogP) is 2.46. The fourth-order valence-electron chi connectivity index (χ4n) is 4.86. The van der Waals surface area contributed by atoms with Crippen LogP contribution in [-0.4, -0.2) is 24.6 Å². The second-order valence-corrected chi connectivity index (χ2v) is 7.92. The van der Waals surface area contributed by atoms with Crippen molar-refractivity contribution in [2.75, 3.05) is 0 Å². The number of hydrogen-bond donors (Lipinski definition) is 0. The van der Waals surface area contributed by atoms with Crippen LogP contribution in [-0.2, 0) is 19.1 Å². The van der Waals surface area contributed by atoms with Gasteiger partial charge in [0.15, 0.2) is 0 Å². The van der Waals surface area contributed by atoms with Gasteiger partial charge in [0.2, 0.25) is 0 Å². The SMILES string of the molecule is CC(=O)O[C@H]1[C@@H]2CC(C)(C)CC2=C(C=O)C2(C=O)CC12C. The van der Waals surface area contributed by atoms with E-state index in [2.05, 4.69) is 13.8 Å². The lowest BCUT2D eigenvalue weighted by Crippen LogP contribution is -2.42. The summed E-state index contributed by atoms with van der Waals surface area (Å²) in [5, 5.41) is 0. The maximum atomic E-state index is 11.7. The molecular weight excluding hydrogens is 268 g/mol. The Morgan fingerprint density at radius 1 is 1.29 bits per heavy atom. The molecule has 0 aromatic heterocycles. The molecule has 4 heteroatoms. The highest BCUT2D eigenvalue weighted by Crippen LogP contribution is 2.75. The van der Waals surface area contributed by atoms with Gasteiger partial charge in [-0.15, -0.1) is 0 Å². The van der Waals surface area contributed by atoms with Crippen molar-refractivity contribution in [1.29, 1.82) is 0 Å². The molecule has 3 rings (SSSR count). The largest absolute Gasteiger partial charge is 0.461 e. The molecule has 0 spiro atoms. The third-order valence-corrected chi connectivity index (χ3v) is 5.86. The summed E-state index contributed by atoms with van der Waals surface area (Å²) in [5.74, 6) is -0.240. The first-order chi connectivity index (χ1) is 9.71. The highest BCUT2D eigenvalue weighted by Gasteiger charge is 2.76. The van der Waals surface area contributed by atoms with E-state index in [1.165, 1.54) is 6.92 Å². The molecule has 114 valence electrons. The number of ether oxygens (including phenoxy) is 1. The number of fused-ring (bicyclic) bond motifs is 2. The van der Waals surface area contributed by atoms with Crippen LogP contribution < -0.4 is 0 Å². The average Bonchev–Trinajstić information content (AvgIpc) is 2.88. The van der Waals surface area contributed by atoms with Crippen molar-refractivity contribution in [2.45, 2.75) is 53.1 Å². The Hall–Kier alpha value is -1.45. The van der Waals surface area contributed by atoms with E-state index >= 15 is 0 Å². The standard InChI is InChI=1S/C17H22O4/c1-10(20)21-14-12-6-15(2,3)5-11(12)13(7-18)17(9-19)8-16(14,17)4/h7,9,12,14H,5-6,8H2,1-4H3/t12-,14+,16?,17?/m1/s1. The van der Waals surface area contributed by atoms with Gasteiger partial charge < -0.3 is 9.53 Å². The second kappa shape index (κ2) is 4.05. The molecule has 3 aliphatic rings. The van der Waals surface area contributed by atoms with E-state index < -0.39 is 10.8 Å². The number of aldehydes is 2. The zero-order valence-electron chi connectivity index (χ0n) is 13.1. The Morgan fingerprint density at radius 2 is 1.95 bits per heavy atom. The fourth-order valence-corrected chi connectivity index (χ4v) is 4.86. The molecule has 0 saturated heterocycles. The first kappa shape index (κ1) is 14.5. The van der Waals surface area contributed by atoms with Crippen molar-refractivity contribution in [3.05, 3.63) is 11.1 Å². The van der Waals surface area contributed by atoms with Crippen LogP contribution >= 0.6 is 0 Å². The molecule has 0 radical (unpaired) electrons. The van der Waals surface area contributed by atoms with Crippen molar-refractivity contribution in [3.8, 4) is 0 Å². The minimum Gasteiger partial charge on any atom is -0.461 e. The van der Waals surface area contributed by atoms with Crippen LogP contribution in [0.2, 0.25) is 0 Å². The summed E-state index contributed by atoms with van der Waals surface area (Å²) in [6.45, 7) is 7.70. The van der Waals surface area contributed by atoms with E-state index in [4.69, 9.17) is 4.74 Å². The number of esters is 1. The topological polar surface area (TPSA) is 60.4 Å². The molecule has 0 bridgehead atoms. The molecule has 21 heavy (non-hydrogen) atoms. The van der Waals surface area contributed by atoms with E-state index in [1.54, 1.807) is 0 Å². The van der Waals surface area contributed by atoms with Crippen LogP contribution in [0.25, 0.3) is 0 Å². The highest BCUT2D eigenvalue weighted by atomic mass is 16.5. The van der Waals surface area contributed by atoms with Crippen LogP contribution in [0, 0.1) is 22.2 Å². The second-order valence-electron chi connectivity index (χ2n) is 7.92. The van der Waals surface area contributed by atoms with E-state index in [0.717, 1.165) is 31.0 Å². The Labute approximate surface area is 124 Å². The Kier molecular flexibility index (Phi) is 2.80. The Morgan fingerprint density at radius 3 is 2.48 bits per heavy atom. The molecule has 0 amide bonds. The quantitative estimate of drug-likeness (QED) is 0.592. The molecule has 4 nitrogen and oxygen atoms in total. The lowest BCUT2D eigenvalue weighted by atomic mass is 9.70. The zero-order chi connectivity index (χ0) is 15.6. The van der Waals surface area contributed by atoms with Crippen molar-refractivity contribution >= 4 is 18.5 Å². The van der Waals surface area contributed by atoms with Gasteiger partial charge in [-0.25, -0.2) is 0 Å². The van der Waals surface area contributed by atoms with Gasteiger partial charge in [-0.05, 0) is 24.7 Å². The molecular formula is C17H22O4. The third kappa shape index (κ3) is 1.71. The van der Waals surface area contributed by atoms with Crippen molar-refractivity contribution in [3.63, 3.8) is 0 Å². The van der Waals surface area contributed by atoms with Crippen molar-refractivity contribution < 1.29 is 19.1 Å². The molecule has 2 saturated carbocycles. The van der Waals surface area contributed by atoms with E-state index in [0.29, 0.717) is 12.0 Å². The normalized spacial score (nSPS) is 42.9. The number of hydrogen-bond acceptors (Lipinski definition) is 4. The number of carbonyl (C=O) groups excluding carboxylic acids is 3. The van der Waals surface area contributed by atoms with E-state index in [9.17, 15) is 14.4 Å². The first-order valence-electron chi connectivity index (χ1n) is 7.53. The molecule has 2 fully saturated rings. The van der Waals surface area contributed by atoms with Gasteiger partial charge in [-0.3, -0.25) is 9.59 Å². The molecule has 2 unspecified atom stereocenters. The smallest absolute Gasteiger partial charge is 0.302 e. The first-order valence-corrected chi connectivity index (χ1v) is 7.53. The van der Waals surface area contributed by atoms with Gasteiger partial charge in [-0.2, -0.15) is 0 Å². The fraction of sp³-hybridized carbons (Fsp3) is 0.706. The van der Waals surface area contributed by atoms with E-state index in [-0.39, 0.29) is 23.4 Å². The van der Waals surface area contributed by atoms with Crippen molar-refractivity contribution in [2.24, 2.45) is 22.2 Å². The Bertz CT molecular complexity index is 573. The summed E-state index contributed by atoms with van der Waals surface area (Å²) in [6.07, 6.45) is 3.78. The lowest BCUT2D eigenvalue weighted by Gasteiger charge is -2.38. The summed E-state index contributed by atoms with van der Waals surface area (Å²) in [5.41, 5.74) is 0.623. The summed E-state index contributed by atoms with van der Waals surface area (Å²) in [7, 11) is 0. The maximum absolute atomic E-state index is 11.7. The number of rotatable bonds is 3. The summed E-state index contributed by atoms with van der Waals surface area (Å²) >= 11 is 0. The van der Waals surface area contributed by atoms with E-state index in [1.807, 2.05) is 6.92 Å². The van der Waals surface area contributed by atoms with Gasteiger partial charge in [-0.1, -0.05) is 26.3 Å². The molecule has 0 aromatic rings. The third-order valence-electron chi connectivity index (χ3n) is 5.86. The molecule has 0 N–H and O–H groups in total. The summed E-state index contributed by atoms with van der Waals surface area (Å²) in [6, 6.07) is 0. The van der Waals surface area contributed by atoms with Crippen LogP contribution in [0.4, 0.5) is 0 Å². The summed E-state index contributed by atoms with van der Waals surface area (Å²) in [4.78, 5) is 34.9. The van der Waals surface area contributed by atoms with Crippen LogP contribution in [0.5, 0.6) is 0 Å². The monoisotopic (exact) mass is 290 g/mol. The molecule has 0 heterocycles. The average molecular weight is 290 g/mol. The molecule has 4 atom stereocenters. The van der Waals surface area contributed by atoms with Crippen LogP contribution in [0.3, 0.4) is 0 Å². The van der Waals surface area contributed by atoms with Crippen LogP contribution in [0.15, 0.2) is 11.1 Å². The molecule has 3 aliphatic carbocycles. The predicted molar refractivity (Wildman–Crippen MR) is 76.4 cm³/mol. The highest BCUT2D eigenvalue weighted by molar-refractivity contribution is 5.91. The van der Waals surface area contributed by atoms with Crippen LogP contribution in [0.1, 0.15) is 47.0 Å². The minimum atomic E-state index is -0.735. The minimum absolute atomic E-state index is 0.0733. The van der Waals surface area contributed by atoms with Crippen molar-refractivity contribution in [1.82, 2.24) is 0 Å². The van der Waals surface area contributed by atoms with Gasteiger partial charge >= 0.3 is 5.97 Å². The molecule has 0 aromatic carbocycles. The molecule has 0 aliphatic heterocycles. The lowest BCUT2D eigenvalue weighted by molar-refractivity contribution is -0.154. The summed E-state index contributed by atoms with van der Waals surface area (Å²) < 4.78 is 5.63. The van der Waals surface area contributed by atoms with Gasteiger partial charge in [0.25, 0.3) is 0 Å². The Balaban J connectivity index is 2.15. The van der Waals surface area contributed by atoms with Gasteiger partial charge in [0.05, 0.1) is 5.41 Å². The van der Waals surface area contributed by atoms with Gasteiger partial charge in [0, 0.05) is 23.8 Å².